The summed E-state index contributed by atoms with van der Waals surface area (Å²) in [6.07, 6.45) is 0.0840. The molecule has 0 bridgehead atoms. The molecular formula is C17H15ClFNO3. The smallest absolute Gasteiger partial charge is 0.310 e. The molecule has 2 rings (SSSR count). The number of carbonyl (C=O) groups is 2. The maximum Gasteiger partial charge on any atom is 0.310 e. The predicted molar refractivity (Wildman–Crippen MR) is 85.9 cm³/mol. The van der Waals surface area contributed by atoms with Gasteiger partial charge in [-0.15, -0.1) is 0 Å². The molecule has 23 heavy (non-hydrogen) atoms. The highest BCUT2D eigenvalue weighted by Gasteiger charge is 2.11. The van der Waals surface area contributed by atoms with Gasteiger partial charge in [0.05, 0.1) is 17.1 Å². The Morgan fingerprint density at radius 3 is 2.70 bits per heavy atom. The Morgan fingerprint density at radius 2 is 1.96 bits per heavy atom. The summed E-state index contributed by atoms with van der Waals surface area (Å²) in [7, 11) is 0. The van der Waals surface area contributed by atoms with Gasteiger partial charge in [-0.2, -0.15) is 0 Å². The molecule has 0 aliphatic heterocycles. The van der Waals surface area contributed by atoms with Crippen molar-refractivity contribution >= 4 is 29.2 Å². The minimum Gasteiger partial charge on any atom is -0.455 e. The van der Waals surface area contributed by atoms with Crippen LogP contribution in [-0.4, -0.2) is 18.5 Å². The van der Waals surface area contributed by atoms with Crippen LogP contribution in [0.5, 0.6) is 0 Å². The van der Waals surface area contributed by atoms with E-state index in [-0.39, 0.29) is 17.1 Å². The number of hydrogen-bond acceptors (Lipinski definition) is 3. The van der Waals surface area contributed by atoms with E-state index >= 15 is 0 Å². The molecule has 0 spiro atoms. The van der Waals surface area contributed by atoms with Gasteiger partial charge in [-0.05, 0) is 36.2 Å². The van der Waals surface area contributed by atoms with Crippen LogP contribution in [0.4, 0.5) is 10.1 Å². The molecule has 120 valence electrons. The number of anilines is 1. The number of aryl methyl sites for hydroxylation is 1. The predicted octanol–water partition coefficient (Wildman–Crippen LogP) is 3.51. The summed E-state index contributed by atoms with van der Waals surface area (Å²) in [6, 6.07) is 11.0. The van der Waals surface area contributed by atoms with E-state index < -0.39 is 24.3 Å². The second kappa shape index (κ2) is 7.74. The van der Waals surface area contributed by atoms with Crippen LogP contribution in [0.2, 0.25) is 5.02 Å². The minimum atomic E-state index is -0.587. The van der Waals surface area contributed by atoms with Crippen LogP contribution >= 0.6 is 11.6 Å². The van der Waals surface area contributed by atoms with Gasteiger partial charge in [-0.1, -0.05) is 35.9 Å². The lowest BCUT2D eigenvalue weighted by Gasteiger charge is -2.09. The number of nitrogens with one attached hydrogen (secondary N) is 1. The Kier molecular flexibility index (Phi) is 5.71. The lowest BCUT2D eigenvalue weighted by atomic mass is 10.1. The van der Waals surface area contributed by atoms with E-state index in [1.54, 1.807) is 0 Å². The maximum atomic E-state index is 13.1. The highest BCUT2D eigenvalue weighted by molar-refractivity contribution is 6.33. The van der Waals surface area contributed by atoms with Crippen molar-refractivity contribution in [2.45, 2.75) is 13.3 Å². The maximum absolute atomic E-state index is 13.1. The first-order chi connectivity index (χ1) is 11.0. The van der Waals surface area contributed by atoms with Crippen molar-refractivity contribution in [3.8, 4) is 0 Å². The molecule has 0 saturated heterocycles. The zero-order valence-electron chi connectivity index (χ0n) is 12.4. The standard InChI is InChI=1S/C17H15ClFNO3/c1-11-4-2-3-5-12(11)8-17(22)23-10-16(21)20-15-9-13(19)6-7-14(15)18/h2-7,9H,8,10H2,1H3,(H,20,21). The summed E-state index contributed by atoms with van der Waals surface area (Å²) in [5, 5.41) is 2.59. The van der Waals surface area contributed by atoms with E-state index in [9.17, 15) is 14.0 Å². The molecule has 0 aliphatic rings. The normalized spacial score (nSPS) is 10.2. The van der Waals surface area contributed by atoms with Gasteiger partial charge >= 0.3 is 5.97 Å². The third kappa shape index (κ3) is 5.07. The first-order valence-electron chi connectivity index (χ1n) is 6.91. The topological polar surface area (TPSA) is 55.4 Å². The van der Waals surface area contributed by atoms with Gasteiger partial charge in [0.15, 0.2) is 6.61 Å². The second-order valence-corrected chi connectivity index (χ2v) is 5.34. The molecule has 0 aliphatic carbocycles. The number of halogens is 2. The fourth-order valence-electron chi connectivity index (χ4n) is 1.94. The van der Waals surface area contributed by atoms with Gasteiger partial charge in [0.1, 0.15) is 5.82 Å². The molecular weight excluding hydrogens is 321 g/mol. The van der Waals surface area contributed by atoms with Crippen molar-refractivity contribution in [1.82, 2.24) is 0 Å². The average molecular weight is 336 g/mol. The summed E-state index contributed by atoms with van der Waals surface area (Å²) in [5.41, 5.74) is 1.94. The SMILES string of the molecule is Cc1ccccc1CC(=O)OCC(=O)Nc1cc(F)ccc1Cl. The number of rotatable bonds is 5. The van der Waals surface area contributed by atoms with Crippen LogP contribution in [0.25, 0.3) is 0 Å². The minimum absolute atomic E-state index is 0.0840. The summed E-state index contributed by atoms with van der Waals surface area (Å²) >= 11 is 5.84. The summed E-state index contributed by atoms with van der Waals surface area (Å²) in [4.78, 5) is 23.5. The summed E-state index contributed by atoms with van der Waals surface area (Å²) in [5.74, 6) is -1.63. The molecule has 0 unspecified atom stereocenters. The van der Waals surface area contributed by atoms with Crippen molar-refractivity contribution in [3.63, 3.8) is 0 Å². The van der Waals surface area contributed by atoms with Crippen molar-refractivity contribution in [2.24, 2.45) is 0 Å². The molecule has 4 nitrogen and oxygen atoms in total. The quantitative estimate of drug-likeness (QED) is 0.851. The van der Waals surface area contributed by atoms with Gasteiger partial charge < -0.3 is 10.1 Å². The molecule has 0 fully saturated rings. The molecule has 2 aromatic carbocycles. The van der Waals surface area contributed by atoms with Crippen LogP contribution < -0.4 is 5.32 Å². The first kappa shape index (κ1) is 17.0. The Morgan fingerprint density at radius 1 is 1.22 bits per heavy atom. The highest BCUT2D eigenvalue weighted by Crippen LogP contribution is 2.22. The Hall–Kier alpha value is -2.40. The van der Waals surface area contributed by atoms with E-state index in [2.05, 4.69) is 5.32 Å². The van der Waals surface area contributed by atoms with E-state index in [1.165, 1.54) is 12.1 Å². The molecule has 0 heterocycles. The third-order valence-corrected chi connectivity index (χ3v) is 3.49. The van der Waals surface area contributed by atoms with Crippen LogP contribution in [0, 0.1) is 12.7 Å². The molecule has 0 atom stereocenters. The largest absolute Gasteiger partial charge is 0.455 e. The fourth-order valence-corrected chi connectivity index (χ4v) is 2.11. The van der Waals surface area contributed by atoms with Crippen LogP contribution in [0.3, 0.4) is 0 Å². The average Bonchev–Trinajstić information content (AvgIpc) is 2.51. The van der Waals surface area contributed by atoms with E-state index in [4.69, 9.17) is 16.3 Å². The molecule has 6 heteroatoms. The second-order valence-electron chi connectivity index (χ2n) is 4.94. The van der Waals surface area contributed by atoms with Crippen LogP contribution in [0.1, 0.15) is 11.1 Å². The zero-order valence-corrected chi connectivity index (χ0v) is 13.2. The summed E-state index contributed by atoms with van der Waals surface area (Å²) in [6.45, 7) is 1.43. The molecule has 1 amide bonds. The number of ether oxygens (including phenoxy) is 1. The Balaban J connectivity index is 1.85. The molecule has 0 saturated carbocycles. The number of carbonyl (C=O) groups excluding carboxylic acids is 2. The van der Waals surface area contributed by atoms with Crippen molar-refractivity contribution in [1.29, 1.82) is 0 Å². The monoisotopic (exact) mass is 335 g/mol. The third-order valence-electron chi connectivity index (χ3n) is 3.16. The van der Waals surface area contributed by atoms with Gasteiger partial charge in [-0.3, -0.25) is 9.59 Å². The van der Waals surface area contributed by atoms with Gasteiger partial charge in [0.25, 0.3) is 5.91 Å². The lowest BCUT2D eigenvalue weighted by molar-refractivity contribution is -0.146. The lowest BCUT2D eigenvalue weighted by Crippen LogP contribution is -2.22. The molecule has 0 aromatic heterocycles. The molecule has 2 aromatic rings. The van der Waals surface area contributed by atoms with Gasteiger partial charge in [0.2, 0.25) is 0 Å². The van der Waals surface area contributed by atoms with Crippen LogP contribution in [-0.2, 0) is 20.7 Å². The van der Waals surface area contributed by atoms with Crippen molar-refractivity contribution in [2.75, 3.05) is 11.9 Å². The summed E-state index contributed by atoms with van der Waals surface area (Å²) < 4.78 is 18.0. The number of esters is 1. The van der Waals surface area contributed by atoms with E-state index in [1.807, 2.05) is 31.2 Å². The number of amides is 1. The fraction of sp³-hybridized carbons (Fsp3) is 0.176. The van der Waals surface area contributed by atoms with Crippen molar-refractivity contribution in [3.05, 3.63) is 64.4 Å². The van der Waals surface area contributed by atoms with Gasteiger partial charge in [-0.25, -0.2) is 4.39 Å². The zero-order chi connectivity index (χ0) is 16.8. The highest BCUT2D eigenvalue weighted by atomic mass is 35.5. The number of hydrogen-bond donors (Lipinski definition) is 1. The van der Waals surface area contributed by atoms with Crippen LogP contribution in [0.15, 0.2) is 42.5 Å². The van der Waals surface area contributed by atoms with E-state index in [0.29, 0.717) is 0 Å². The number of benzene rings is 2. The molecule has 1 N–H and O–H groups in total. The Bertz CT molecular complexity index is 734. The first-order valence-corrected chi connectivity index (χ1v) is 7.28. The van der Waals surface area contributed by atoms with Gasteiger partial charge in [0, 0.05) is 0 Å². The van der Waals surface area contributed by atoms with E-state index in [0.717, 1.165) is 17.2 Å². The Labute approximate surface area is 138 Å². The van der Waals surface area contributed by atoms with Crippen molar-refractivity contribution < 1.29 is 18.7 Å². The molecule has 0 radical (unpaired) electrons.